The lowest BCUT2D eigenvalue weighted by Crippen LogP contribution is -2.41. The molecule has 0 atom stereocenters. The van der Waals surface area contributed by atoms with Crippen LogP contribution in [-0.2, 0) is 14.9 Å². The van der Waals surface area contributed by atoms with Gasteiger partial charge in [-0.3, -0.25) is 0 Å². The standard InChI is InChI=1S/C9H21N3O3S/c1-15-7-6-11-16(13,14)12-8-9(2-3-9)4-5-10/h11-12H,2-8,10H2,1H3. The van der Waals surface area contributed by atoms with E-state index >= 15 is 0 Å². The molecule has 0 aromatic rings. The van der Waals surface area contributed by atoms with Gasteiger partial charge in [0.25, 0.3) is 10.2 Å². The predicted octanol–water partition coefficient (Wildman–Crippen LogP) is -0.814. The van der Waals surface area contributed by atoms with E-state index in [1.165, 1.54) is 7.11 Å². The van der Waals surface area contributed by atoms with E-state index in [1.54, 1.807) is 0 Å². The summed E-state index contributed by atoms with van der Waals surface area (Å²) in [4.78, 5) is 0. The average molecular weight is 251 g/mol. The second kappa shape index (κ2) is 5.92. The first-order valence-corrected chi connectivity index (χ1v) is 6.95. The van der Waals surface area contributed by atoms with Crippen molar-refractivity contribution < 1.29 is 13.2 Å². The van der Waals surface area contributed by atoms with Crippen molar-refractivity contribution >= 4 is 10.2 Å². The maximum absolute atomic E-state index is 11.5. The monoisotopic (exact) mass is 251 g/mol. The van der Waals surface area contributed by atoms with Crippen molar-refractivity contribution in [2.75, 3.05) is 33.4 Å². The maximum atomic E-state index is 11.5. The van der Waals surface area contributed by atoms with Gasteiger partial charge < -0.3 is 10.5 Å². The van der Waals surface area contributed by atoms with Crippen LogP contribution < -0.4 is 15.2 Å². The van der Waals surface area contributed by atoms with Crippen LogP contribution >= 0.6 is 0 Å². The highest BCUT2D eigenvalue weighted by atomic mass is 32.2. The lowest BCUT2D eigenvalue weighted by Gasteiger charge is -2.15. The minimum absolute atomic E-state index is 0.116. The molecule has 7 heteroatoms. The molecule has 1 saturated carbocycles. The number of nitrogens with two attached hydrogens (primary N) is 1. The molecule has 0 aromatic heterocycles. The van der Waals surface area contributed by atoms with Gasteiger partial charge in [0.2, 0.25) is 0 Å². The van der Waals surface area contributed by atoms with Crippen LogP contribution in [0.4, 0.5) is 0 Å². The summed E-state index contributed by atoms with van der Waals surface area (Å²) in [5, 5.41) is 0. The minimum atomic E-state index is -3.39. The third kappa shape index (κ3) is 4.75. The third-order valence-electron chi connectivity index (χ3n) is 2.87. The lowest BCUT2D eigenvalue weighted by atomic mass is 10.0. The normalized spacial score (nSPS) is 18.6. The summed E-state index contributed by atoms with van der Waals surface area (Å²) in [6.45, 7) is 1.75. The molecule has 0 heterocycles. The van der Waals surface area contributed by atoms with Gasteiger partial charge in [-0.15, -0.1) is 0 Å². The van der Waals surface area contributed by atoms with Crippen molar-refractivity contribution in [3.8, 4) is 0 Å². The molecular formula is C9H21N3O3S. The summed E-state index contributed by atoms with van der Waals surface area (Å²) < 4.78 is 32.7. The highest BCUT2D eigenvalue weighted by Crippen LogP contribution is 2.47. The van der Waals surface area contributed by atoms with Crippen LogP contribution in [0, 0.1) is 5.41 Å². The third-order valence-corrected chi connectivity index (χ3v) is 3.98. The molecule has 1 fully saturated rings. The molecule has 1 aliphatic rings. The molecular weight excluding hydrogens is 230 g/mol. The molecule has 0 unspecified atom stereocenters. The number of hydrogen-bond donors (Lipinski definition) is 3. The van der Waals surface area contributed by atoms with Crippen LogP contribution in [0.15, 0.2) is 0 Å². The Morgan fingerprint density at radius 3 is 2.56 bits per heavy atom. The van der Waals surface area contributed by atoms with Crippen LogP contribution in [-0.4, -0.2) is 41.8 Å². The van der Waals surface area contributed by atoms with Gasteiger partial charge >= 0.3 is 0 Å². The smallest absolute Gasteiger partial charge is 0.277 e. The number of methoxy groups -OCH3 is 1. The Morgan fingerprint density at radius 1 is 1.38 bits per heavy atom. The number of hydrogen-bond acceptors (Lipinski definition) is 4. The average Bonchev–Trinajstić information content (AvgIpc) is 2.97. The van der Waals surface area contributed by atoms with E-state index in [4.69, 9.17) is 10.5 Å². The summed E-state index contributed by atoms with van der Waals surface area (Å²) in [5.41, 5.74) is 5.60. The van der Waals surface area contributed by atoms with Crippen molar-refractivity contribution in [2.45, 2.75) is 19.3 Å². The zero-order valence-electron chi connectivity index (χ0n) is 9.66. The molecule has 1 rings (SSSR count). The summed E-state index contributed by atoms with van der Waals surface area (Å²) >= 11 is 0. The topological polar surface area (TPSA) is 93.4 Å². The SMILES string of the molecule is COCCNS(=O)(=O)NCC1(CCN)CC1. The Balaban J connectivity index is 2.25. The van der Waals surface area contributed by atoms with E-state index in [-0.39, 0.29) is 12.0 Å². The van der Waals surface area contributed by atoms with Gasteiger partial charge in [0, 0.05) is 20.2 Å². The molecule has 16 heavy (non-hydrogen) atoms. The first kappa shape index (κ1) is 13.9. The van der Waals surface area contributed by atoms with E-state index < -0.39 is 10.2 Å². The van der Waals surface area contributed by atoms with E-state index in [2.05, 4.69) is 9.44 Å². The lowest BCUT2D eigenvalue weighted by molar-refractivity contribution is 0.204. The molecule has 0 bridgehead atoms. The van der Waals surface area contributed by atoms with Gasteiger partial charge in [0.05, 0.1) is 6.61 Å². The fourth-order valence-electron chi connectivity index (χ4n) is 1.58. The fraction of sp³-hybridized carbons (Fsp3) is 1.00. The van der Waals surface area contributed by atoms with Gasteiger partial charge in [-0.05, 0) is 31.2 Å². The Kier molecular flexibility index (Phi) is 5.13. The zero-order valence-corrected chi connectivity index (χ0v) is 10.5. The van der Waals surface area contributed by atoms with Crippen LogP contribution in [0.25, 0.3) is 0 Å². The number of rotatable bonds is 9. The van der Waals surface area contributed by atoms with Gasteiger partial charge in [-0.25, -0.2) is 4.72 Å². The number of nitrogens with one attached hydrogen (secondary N) is 2. The predicted molar refractivity (Wildman–Crippen MR) is 62.1 cm³/mol. The van der Waals surface area contributed by atoms with Crippen molar-refractivity contribution in [2.24, 2.45) is 11.1 Å². The molecule has 1 aliphatic carbocycles. The quantitative estimate of drug-likeness (QED) is 0.467. The summed E-state index contributed by atoms with van der Waals surface area (Å²) in [7, 11) is -1.86. The molecule has 4 N–H and O–H groups in total. The highest BCUT2D eigenvalue weighted by Gasteiger charge is 2.42. The molecule has 0 spiro atoms. The molecule has 0 aliphatic heterocycles. The fourth-order valence-corrected chi connectivity index (χ4v) is 2.53. The van der Waals surface area contributed by atoms with Crippen molar-refractivity contribution in [3.63, 3.8) is 0 Å². The van der Waals surface area contributed by atoms with E-state index in [0.717, 1.165) is 19.3 Å². The van der Waals surface area contributed by atoms with Crippen molar-refractivity contribution in [3.05, 3.63) is 0 Å². The van der Waals surface area contributed by atoms with Gasteiger partial charge in [0.1, 0.15) is 0 Å². The zero-order chi connectivity index (χ0) is 12.1. The van der Waals surface area contributed by atoms with Crippen molar-refractivity contribution in [1.29, 1.82) is 0 Å². The Bertz CT molecular complexity index is 301. The number of ether oxygens (including phenoxy) is 1. The highest BCUT2D eigenvalue weighted by molar-refractivity contribution is 7.87. The molecule has 0 saturated heterocycles. The summed E-state index contributed by atoms with van der Waals surface area (Å²) in [5.74, 6) is 0. The second-order valence-corrected chi connectivity index (χ2v) is 5.83. The van der Waals surface area contributed by atoms with Gasteiger partial charge in [0.15, 0.2) is 0 Å². The van der Waals surface area contributed by atoms with Gasteiger partial charge in [-0.1, -0.05) is 0 Å². The van der Waals surface area contributed by atoms with E-state index in [9.17, 15) is 8.42 Å². The molecule has 0 amide bonds. The minimum Gasteiger partial charge on any atom is -0.383 e. The molecule has 0 radical (unpaired) electrons. The molecule has 6 nitrogen and oxygen atoms in total. The second-order valence-electron chi connectivity index (χ2n) is 4.25. The Morgan fingerprint density at radius 2 is 2.06 bits per heavy atom. The summed E-state index contributed by atoms with van der Waals surface area (Å²) in [6, 6.07) is 0. The van der Waals surface area contributed by atoms with Crippen molar-refractivity contribution in [1.82, 2.24) is 9.44 Å². The van der Waals surface area contributed by atoms with Crippen LogP contribution in [0.1, 0.15) is 19.3 Å². The molecule has 96 valence electrons. The van der Waals surface area contributed by atoms with Crippen LogP contribution in [0.5, 0.6) is 0 Å². The first-order chi connectivity index (χ1) is 7.54. The summed E-state index contributed by atoms with van der Waals surface area (Å²) in [6.07, 6.45) is 3.00. The Labute approximate surface area is 97.1 Å². The van der Waals surface area contributed by atoms with Crippen LogP contribution in [0.2, 0.25) is 0 Å². The maximum Gasteiger partial charge on any atom is 0.277 e. The van der Waals surface area contributed by atoms with E-state index in [0.29, 0.717) is 19.7 Å². The van der Waals surface area contributed by atoms with E-state index in [1.807, 2.05) is 0 Å². The Hall–Kier alpha value is -0.210. The van der Waals surface area contributed by atoms with Gasteiger partial charge in [-0.2, -0.15) is 13.1 Å². The largest absolute Gasteiger partial charge is 0.383 e. The molecule has 0 aromatic carbocycles. The van der Waals surface area contributed by atoms with Crippen LogP contribution in [0.3, 0.4) is 0 Å². The first-order valence-electron chi connectivity index (χ1n) is 5.47.